The molecule has 0 spiro atoms. The third kappa shape index (κ3) is 3.31. The summed E-state index contributed by atoms with van der Waals surface area (Å²) in [6, 6.07) is 14.3. The molecule has 4 aromatic rings. The number of aromatic nitrogens is 2. The number of thioether (sulfide) groups is 1. The molecule has 0 saturated heterocycles. The molecule has 6 nitrogen and oxygen atoms in total. The van der Waals surface area contributed by atoms with Crippen LogP contribution in [0.5, 0.6) is 0 Å². The summed E-state index contributed by atoms with van der Waals surface area (Å²) in [6.07, 6.45) is 0. The van der Waals surface area contributed by atoms with Gasteiger partial charge in [0.25, 0.3) is 16.8 Å². The molecule has 0 N–H and O–H groups in total. The molecule has 0 radical (unpaired) electrons. The Bertz CT molecular complexity index is 1110. The fourth-order valence-corrected chi connectivity index (χ4v) is 4.56. The number of benzene rings is 2. The zero-order valence-corrected chi connectivity index (χ0v) is 15.5. The first kappa shape index (κ1) is 17.0. The van der Waals surface area contributed by atoms with Crippen LogP contribution in [-0.2, 0) is 5.75 Å². The number of nitro benzene ring substituents is 1. The first-order chi connectivity index (χ1) is 12.6. The zero-order chi connectivity index (χ0) is 18.1. The molecule has 0 aliphatic rings. The molecule has 2 heterocycles. The average molecular weight is 404 g/mol. The summed E-state index contributed by atoms with van der Waals surface area (Å²) >= 11 is 9.25. The Labute approximate surface area is 161 Å². The maximum Gasteiger partial charge on any atom is 0.277 e. The Morgan fingerprint density at radius 3 is 2.85 bits per heavy atom. The number of fused-ring (bicyclic) bond motifs is 1. The van der Waals surface area contributed by atoms with Gasteiger partial charge < -0.3 is 4.42 Å². The van der Waals surface area contributed by atoms with Gasteiger partial charge in [0.05, 0.1) is 9.95 Å². The summed E-state index contributed by atoms with van der Waals surface area (Å²) in [5, 5.41) is 20.9. The normalized spacial score (nSPS) is 11.1. The van der Waals surface area contributed by atoms with E-state index < -0.39 is 4.92 Å². The summed E-state index contributed by atoms with van der Waals surface area (Å²) in [4.78, 5) is 11.2. The summed E-state index contributed by atoms with van der Waals surface area (Å²) in [7, 11) is 0. The topological polar surface area (TPSA) is 82.1 Å². The van der Waals surface area contributed by atoms with Crippen LogP contribution in [0.4, 0.5) is 5.69 Å². The molecule has 0 unspecified atom stereocenters. The molecular formula is C17H10ClN3O3S2. The van der Waals surface area contributed by atoms with E-state index in [1.54, 1.807) is 6.07 Å². The van der Waals surface area contributed by atoms with Crippen LogP contribution in [0.1, 0.15) is 5.56 Å². The molecule has 26 heavy (non-hydrogen) atoms. The molecule has 0 atom stereocenters. The van der Waals surface area contributed by atoms with Crippen molar-refractivity contribution in [3.63, 3.8) is 0 Å². The van der Waals surface area contributed by atoms with Gasteiger partial charge in [0, 0.05) is 28.0 Å². The van der Waals surface area contributed by atoms with Gasteiger partial charge in [0.15, 0.2) is 0 Å². The highest BCUT2D eigenvalue weighted by atomic mass is 35.5. The van der Waals surface area contributed by atoms with Crippen LogP contribution >= 0.6 is 34.7 Å². The van der Waals surface area contributed by atoms with Gasteiger partial charge in [-0.25, -0.2) is 0 Å². The molecular weight excluding hydrogens is 394 g/mol. The molecule has 4 rings (SSSR count). The Hall–Kier alpha value is -2.42. The molecule has 0 amide bonds. The van der Waals surface area contributed by atoms with Gasteiger partial charge in [-0.1, -0.05) is 53.7 Å². The van der Waals surface area contributed by atoms with Crippen LogP contribution in [-0.4, -0.2) is 15.1 Å². The lowest BCUT2D eigenvalue weighted by molar-refractivity contribution is -0.384. The van der Waals surface area contributed by atoms with E-state index in [1.165, 1.54) is 35.2 Å². The largest absolute Gasteiger partial charge is 0.410 e. The molecule has 0 fully saturated rings. The number of hydrogen-bond donors (Lipinski definition) is 0. The van der Waals surface area contributed by atoms with Crippen LogP contribution in [0.3, 0.4) is 0 Å². The number of nitro groups is 1. The molecule has 130 valence electrons. The van der Waals surface area contributed by atoms with Gasteiger partial charge in [-0.05, 0) is 11.6 Å². The van der Waals surface area contributed by atoms with Crippen molar-refractivity contribution < 1.29 is 9.34 Å². The van der Waals surface area contributed by atoms with E-state index in [1.807, 2.05) is 30.3 Å². The monoisotopic (exact) mass is 403 g/mol. The number of thiophene rings is 1. The molecule has 2 aromatic carbocycles. The summed E-state index contributed by atoms with van der Waals surface area (Å²) in [6.45, 7) is 0. The maximum atomic E-state index is 10.8. The highest BCUT2D eigenvalue weighted by Crippen LogP contribution is 2.41. The van der Waals surface area contributed by atoms with E-state index in [-0.39, 0.29) is 5.69 Å². The van der Waals surface area contributed by atoms with Crippen LogP contribution in [0, 0.1) is 10.1 Å². The van der Waals surface area contributed by atoms with E-state index in [9.17, 15) is 10.1 Å². The predicted octanol–water partition coefficient (Wildman–Crippen LogP) is 5.81. The lowest BCUT2D eigenvalue weighted by Gasteiger charge is -1.98. The van der Waals surface area contributed by atoms with Crippen molar-refractivity contribution in [2.75, 3.05) is 0 Å². The Morgan fingerprint density at radius 2 is 2.04 bits per heavy atom. The van der Waals surface area contributed by atoms with Crippen molar-refractivity contribution in [3.8, 4) is 10.8 Å². The number of halogens is 1. The van der Waals surface area contributed by atoms with E-state index >= 15 is 0 Å². The lowest BCUT2D eigenvalue weighted by atomic mass is 10.2. The number of rotatable bonds is 5. The van der Waals surface area contributed by atoms with Gasteiger partial charge >= 0.3 is 0 Å². The lowest BCUT2D eigenvalue weighted by Crippen LogP contribution is -1.89. The fraction of sp³-hybridized carbons (Fsp3) is 0.0588. The molecule has 9 heteroatoms. The minimum Gasteiger partial charge on any atom is -0.410 e. The standard InChI is InChI=1S/C17H10ClN3O3S2/c18-14-12-6-1-2-7-13(12)26-15(14)16-19-20-17(24-16)25-9-10-4-3-5-11(8-10)21(22)23/h1-8H,9H2. The first-order valence-corrected chi connectivity index (χ1v) is 9.67. The summed E-state index contributed by atoms with van der Waals surface area (Å²) in [5.41, 5.74) is 0.871. The van der Waals surface area contributed by atoms with Crippen molar-refractivity contribution in [1.82, 2.24) is 10.2 Å². The van der Waals surface area contributed by atoms with Crippen LogP contribution < -0.4 is 0 Å². The second-order valence-corrected chi connectivity index (χ2v) is 7.69. The predicted molar refractivity (Wildman–Crippen MR) is 103 cm³/mol. The van der Waals surface area contributed by atoms with Gasteiger partial charge in [-0.2, -0.15) is 0 Å². The number of nitrogens with zero attached hydrogens (tertiary/aromatic N) is 3. The third-order valence-corrected chi connectivity index (χ3v) is 6.17. The molecule has 0 saturated carbocycles. The molecule has 0 aliphatic carbocycles. The average Bonchev–Trinajstić information content (AvgIpc) is 3.25. The minimum atomic E-state index is -0.414. The van der Waals surface area contributed by atoms with Crippen LogP contribution in [0.25, 0.3) is 20.9 Å². The van der Waals surface area contributed by atoms with E-state index in [0.717, 1.165) is 20.5 Å². The van der Waals surface area contributed by atoms with E-state index in [2.05, 4.69) is 10.2 Å². The second kappa shape index (κ2) is 7.06. The van der Waals surface area contributed by atoms with Gasteiger partial charge in [0.1, 0.15) is 4.88 Å². The highest BCUT2D eigenvalue weighted by molar-refractivity contribution is 7.98. The first-order valence-electron chi connectivity index (χ1n) is 7.49. The number of non-ortho nitro benzene ring substituents is 1. The van der Waals surface area contributed by atoms with Crippen molar-refractivity contribution >= 4 is 50.5 Å². The van der Waals surface area contributed by atoms with Gasteiger partial charge in [-0.15, -0.1) is 21.5 Å². The maximum absolute atomic E-state index is 10.8. The van der Waals surface area contributed by atoms with Crippen LogP contribution in [0.15, 0.2) is 58.2 Å². The van der Waals surface area contributed by atoms with Crippen molar-refractivity contribution in [3.05, 3.63) is 69.2 Å². The fourth-order valence-electron chi connectivity index (χ4n) is 2.42. The van der Waals surface area contributed by atoms with E-state index in [4.69, 9.17) is 16.0 Å². The summed E-state index contributed by atoms with van der Waals surface area (Å²) in [5.74, 6) is 0.862. The zero-order valence-electron chi connectivity index (χ0n) is 13.1. The quantitative estimate of drug-likeness (QED) is 0.238. The SMILES string of the molecule is O=[N+]([O-])c1cccc(CSc2nnc(-c3sc4ccccc4c3Cl)o2)c1. The van der Waals surface area contributed by atoms with Crippen molar-refractivity contribution in [1.29, 1.82) is 0 Å². The molecule has 2 aromatic heterocycles. The second-order valence-electron chi connectivity index (χ2n) is 5.33. The van der Waals surface area contributed by atoms with Gasteiger partial charge in [-0.3, -0.25) is 10.1 Å². The molecule has 0 bridgehead atoms. The Kier molecular flexibility index (Phi) is 4.62. The van der Waals surface area contributed by atoms with E-state index in [0.29, 0.717) is 21.9 Å². The number of hydrogen-bond acceptors (Lipinski definition) is 7. The Morgan fingerprint density at radius 1 is 1.19 bits per heavy atom. The third-order valence-electron chi connectivity index (χ3n) is 3.62. The van der Waals surface area contributed by atoms with Gasteiger partial charge in [0.2, 0.25) is 0 Å². The van der Waals surface area contributed by atoms with Crippen LogP contribution in [0.2, 0.25) is 5.02 Å². The summed E-state index contributed by atoms with van der Waals surface area (Å²) < 4.78 is 6.76. The minimum absolute atomic E-state index is 0.0615. The Balaban J connectivity index is 1.54. The highest BCUT2D eigenvalue weighted by Gasteiger charge is 2.18. The van der Waals surface area contributed by atoms with Crippen molar-refractivity contribution in [2.45, 2.75) is 11.0 Å². The smallest absolute Gasteiger partial charge is 0.277 e. The molecule has 0 aliphatic heterocycles. The van der Waals surface area contributed by atoms with Crippen molar-refractivity contribution in [2.24, 2.45) is 0 Å².